The number of carbonyl (C=O) groups is 2. The zero-order chi connectivity index (χ0) is 14.8. The standard InChI is InChI=1S/C11H20N2O5S/c1-7(2)9(11(15)16)12-10(14)8-4-5-13(6-8)19(3,17)18/h7-9H,4-6H2,1-3H3,(H,12,14)(H,15,16)/t8-,9-/m0/s1. The van der Waals surface area contributed by atoms with Gasteiger partial charge in [0.2, 0.25) is 15.9 Å². The third-order valence-corrected chi connectivity index (χ3v) is 4.49. The largest absolute Gasteiger partial charge is 0.480 e. The Balaban J connectivity index is 2.63. The van der Waals surface area contributed by atoms with Gasteiger partial charge in [-0.3, -0.25) is 4.79 Å². The maximum Gasteiger partial charge on any atom is 0.326 e. The van der Waals surface area contributed by atoms with Crippen LogP contribution in [0.25, 0.3) is 0 Å². The van der Waals surface area contributed by atoms with E-state index >= 15 is 0 Å². The van der Waals surface area contributed by atoms with Crippen molar-refractivity contribution in [1.82, 2.24) is 9.62 Å². The van der Waals surface area contributed by atoms with Gasteiger partial charge in [0.15, 0.2) is 0 Å². The van der Waals surface area contributed by atoms with Crippen molar-refractivity contribution in [2.45, 2.75) is 26.3 Å². The molecule has 1 rings (SSSR count). The molecule has 0 aliphatic carbocycles. The van der Waals surface area contributed by atoms with E-state index in [1.54, 1.807) is 13.8 Å². The summed E-state index contributed by atoms with van der Waals surface area (Å²) in [5.74, 6) is -2.18. The van der Waals surface area contributed by atoms with E-state index in [0.29, 0.717) is 13.0 Å². The van der Waals surface area contributed by atoms with Gasteiger partial charge in [0.25, 0.3) is 0 Å². The van der Waals surface area contributed by atoms with E-state index in [4.69, 9.17) is 5.11 Å². The predicted molar refractivity (Wildman–Crippen MR) is 68.9 cm³/mol. The molecule has 110 valence electrons. The van der Waals surface area contributed by atoms with Crippen molar-refractivity contribution in [3.8, 4) is 0 Å². The Morgan fingerprint density at radius 2 is 1.95 bits per heavy atom. The zero-order valence-electron chi connectivity index (χ0n) is 11.3. The molecule has 7 nitrogen and oxygen atoms in total. The van der Waals surface area contributed by atoms with Crippen LogP contribution in [0.15, 0.2) is 0 Å². The Labute approximate surface area is 113 Å². The normalized spacial score (nSPS) is 22.4. The van der Waals surface area contributed by atoms with Gasteiger partial charge >= 0.3 is 5.97 Å². The van der Waals surface area contributed by atoms with Gasteiger partial charge in [-0.15, -0.1) is 0 Å². The van der Waals surface area contributed by atoms with E-state index in [1.165, 1.54) is 4.31 Å². The van der Waals surface area contributed by atoms with Crippen molar-refractivity contribution in [3.05, 3.63) is 0 Å². The average molecular weight is 292 g/mol. The van der Waals surface area contributed by atoms with E-state index in [1.807, 2.05) is 0 Å². The molecule has 1 amide bonds. The van der Waals surface area contributed by atoms with Crippen molar-refractivity contribution in [1.29, 1.82) is 0 Å². The van der Waals surface area contributed by atoms with Crippen LogP contribution in [0.5, 0.6) is 0 Å². The number of amides is 1. The fourth-order valence-corrected chi connectivity index (χ4v) is 2.92. The highest BCUT2D eigenvalue weighted by Crippen LogP contribution is 2.19. The highest BCUT2D eigenvalue weighted by atomic mass is 32.2. The minimum Gasteiger partial charge on any atom is -0.480 e. The summed E-state index contributed by atoms with van der Waals surface area (Å²) in [6, 6.07) is -0.945. The first kappa shape index (κ1) is 15.9. The van der Waals surface area contributed by atoms with Crippen LogP contribution in [0.4, 0.5) is 0 Å². The fourth-order valence-electron chi connectivity index (χ4n) is 2.03. The highest BCUT2D eigenvalue weighted by molar-refractivity contribution is 7.88. The van der Waals surface area contributed by atoms with Crippen molar-refractivity contribution in [2.75, 3.05) is 19.3 Å². The third-order valence-electron chi connectivity index (χ3n) is 3.22. The van der Waals surface area contributed by atoms with Gasteiger partial charge in [-0.25, -0.2) is 17.5 Å². The van der Waals surface area contributed by atoms with E-state index in [-0.39, 0.29) is 12.5 Å². The van der Waals surface area contributed by atoms with Crippen LogP contribution in [-0.2, 0) is 19.6 Å². The van der Waals surface area contributed by atoms with Crippen molar-refractivity contribution in [3.63, 3.8) is 0 Å². The van der Waals surface area contributed by atoms with Gasteiger partial charge in [0.1, 0.15) is 6.04 Å². The van der Waals surface area contributed by atoms with Crippen LogP contribution in [0.1, 0.15) is 20.3 Å². The van der Waals surface area contributed by atoms with Crippen LogP contribution in [-0.4, -0.2) is 55.1 Å². The Morgan fingerprint density at radius 1 is 1.37 bits per heavy atom. The maximum atomic E-state index is 11.9. The lowest BCUT2D eigenvalue weighted by Gasteiger charge is -2.20. The summed E-state index contributed by atoms with van der Waals surface area (Å²) < 4.78 is 23.9. The number of hydrogen-bond donors (Lipinski definition) is 2. The molecule has 8 heteroatoms. The summed E-state index contributed by atoms with van der Waals surface area (Å²) in [7, 11) is -3.29. The molecule has 1 heterocycles. The molecule has 0 bridgehead atoms. The Bertz CT molecular complexity index is 460. The summed E-state index contributed by atoms with van der Waals surface area (Å²) in [5, 5.41) is 11.5. The van der Waals surface area contributed by atoms with Crippen molar-refractivity contribution < 1.29 is 23.1 Å². The lowest BCUT2D eigenvalue weighted by molar-refractivity contribution is -0.143. The number of aliphatic carboxylic acids is 1. The quantitative estimate of drug-likeness (QED) is 0.710. The zero-order valence-corrected chi connectivity index (χ0v) is 12.1. The van der Waals surface area contributed by atoms with Gasteiger partial charge in [0.05, 0.1) is 12.2 Å². The third kappa shape index (κ3) is 4.17. The summed E-state index contributed by atoms with van der Waals surface area (Å²) in [5.41, 5.74) is 0. The smallest absolute Gasteiger partial charge is 0.326 e. The van der Waals surface area contributed by atoms with Gasteiger partial charge in [0, 0.05) is 13.1 Å². The first-order valence-corrected chi connectivity index (χ1v) is 7.96. The lowest BCUT2D eigenvalue weighted by Crippen LogP contribution is -2.47. The number of carboxylic acid groups (broad SMARTS) is 1. The van der Waals surface area contributed by atoms with Crippen LogP contribution < -0.4 is 5.32 Å². The number of sulfonamides is 1. The van der Waals surface area contributed by atoms with E-state index in [2.05, 4.69) is 5.32 Å². The molecule has 0 aromatic rings. The van der Waals surface area contributed by atoms with E-state index < -0.39 is 33.9 Å². The molecular weight excluding hydrogens is 272 g/mol. The number of carbonyl (C=O) groups excluding carboxylic acids is 1. The number of nitrogens with one attached hydrogen (secondary N) is 1. The number of hydrogen-bond acceptors (Lipinski definition) is 4. The van der Waals surface area contributed by atoms with Crippen LogP contribution in [0, 0.1) is 11.8 Å². The molecule has 2 N–H and O–H groups in total. The molecule has 1 fully saturated rings. The van der Waals surface area contributed by atoms with E-state index in [9.17, 15) is 18.0 Å². The molecule has 0 aromatic heterocycles. The van der Waals surface area contributed by atoms with Gasteiger partial charge in [-0.2, -0.15) is 0 Å². The second-order valence-electron chi connectivity index (χ2n) is 5.18. The Kier molecular flexibility index (Phi) is 4.92. The summed E-state index contributed by atoms with van der Waals surface area (Å²) in [6.07, 6.45) is 1.52. The summed E-state index contributed by atoms with van der Waals surface area (Å²) >= 11 is 0. The first-order valence-electron chi connectivity index (χ1n) is 6.11. The minimum absolute atomic E-state index is 0.120. The Morgan fingerprint density at radius 3 is 2.32 bits per heavy atom. The van der Waals surface area contributed by atoms with Gasteiger partial charge < -0.3 is 10.4 Å². The van der Waals surface area contributed by atoms with E-state index in [0.717, 1.165) is 6.26 Å². The molecule has 0 radical (unpaired) electrons. The molecular formula is C11H20N2O5S. The van der Waals surface area contributed by atoms with Crippen LogP contribution >= 0.6 is 0 Å². The molecule has 2 atom stereocenters. The molecule has 1 saturated heterocycles. The Hall–Kier alpha value is -1.15. The highest BCUT2D eigenvalue weighted by Gasteiger charge is 2.35. The monoisotopic (exact) mass is 292 g/mol. The van der Waals surface area contributed by atoms with Crippen LogP contribution in [0.3, 0.4) is 0 Å². The lowest BCUT2D eigenvalue weighted by atomic mass is 10.0. The molecule has 0 aromatic carbocycles. The predicted octanol–water partition coefficient (Wildman–Crippen LogP) is -0.507. The number of carboxylic acids is 1. The first-order chi connectivity index (χ1) is 8.62. The molecule has 0 saturated carbocycles. The summed E-state index contributed by atoms with van der Waals surface area (Å²) in [4.78, 5) is 22.9. The topological polar surface area (TPSA) is 104 Å². The fraction of sp³-hybridized carbons (Fsp3) is 0.818. The molecule has 0 unspecified atom stereocenters. The van der Waals surface area contributed by atoms with Gasteiger partial charge in [-0.1, -0.05) is 13.8 Å². The second kappa shape index (κ2) is 5.87. The summed E-state index contributed by atoms with van der Waals surface area (Å²) in [6.45, 7) is 3.83. The molecule has 19 heavy (non-hydrogen) atoms. The van der Waals surface area contributed by atoms with Gasteiger partial charge in [-0.05, 0) is 12.3 Å². The van der Waals surface area contributed by atoms with Crippen molar-refractivity contribution >= 4 is 21.9 Å². The minimum atomic E-state index is -3.29. The molecule has 1 aliphatic rings. The SMILES string of the molecule is CC(C)[C@H](NC(=O)[C@H]1CCN(S(C)(=O)=O)C1)C(=O)O. The number of nitrogens with zero attached hydrogens (tertiary/aromatic N) is 1. The second-order valence-corrected chi connectivity index (χ2v) is 7.16. The number of rotatable bonds is 5. The molecule has 1 aliphatic heterocycles. The van der Waals surface area contributed by atoms with Crippen molar-refractivity contribution in [2.24, 2.45) is 11.8 Å². The maximum absolute atomic E-state index is 11.9. The van der Waals surface area contributed by atoms with Crippen LogP contribution in [0.2, 0.25) is 0 Å². The molecule has 0 spiro atoms. The average Bonchev–Trinajstić information content (AvgIpc) is 2.73.